The van der Waals surface area contributed by atoms with Crippen LogP contribution in [-0.2, 0) is 9.84 Å². The van der Waals surface area contributed by atoms with E-state index in [0.717, 1.165) is 11.1 Å². The monoisotopic (exact) mass is 339 g/mol. The molecule has 24 heavy (non-hydrogen) atoms. The largest absolute Gasteiger partial charge is 0.399 e. The molecular weight excluding hydrogens is 322 g/mol. The van der Waals surface area contributed by atoms with E-state index >= 15 is 0 Å². The predicted octanol–water partition coefficient (Wildman–Crippen LogP) is 2.93. The fourth-order valence-corrected chi connectivity index (χ4v) is 3.80. The summed E-state index contributed by atoms with van der Waals surface area (Å²) in [6, 6.07) is 18.1. The fraction of sp³-hybridized carbons (Fsp3) is 0. The second-order valence-electron chi connectivity index (χ2n) is 5.45. The summed E-state index contributed by atoms with van der Waals surface area (Å²) in [5.41, 5.74) is 20.5. The highest BCUT2D eigenvalue weighted by Crippen LogP contribution is 2.31. The van der Waals surface area contributed by atoms with Gasteiger partial charge in [-0.25, -0.2) is 8.42 Å². The van der Waals surface area contributed by atoms with Crippen molar-refractivity contribution in [3.05, 3.63) is 66.7 Å². The minimum absolute atomic E-state index is 0.129. The second-order valence-corrected chi connectivity index (χ2v) is 7.40. The van der Waals surface area contributed by atoms with Crippen molar-refractivity contribution in [1.29, 1.82) is 0 Å². The lowest BCUT2D eigenvalue weighted by Crippen LogP contribution is -2.04. The maximum absolute atomic E-state index is 12.7. The van der Waals surface area contributed by atoms with Crippen LogP contribution in [0.25, 0.3) is 11.1 Å². The molecular formula is C18H17N3O2S. The Morgan fingerprint density at radius 1 is 0.667 bits per heavy atom. The Bertz CT molecular complexity index is 997. The molecule has 122 valence electrons. The van der Waals surface area contributed by atoms with E-state index in [0.29, 0.717) is 17.1 Å². The van der Waals surface area contributed by atoms with E-state index in [4.69, 9.17) is 17.2 Å². The van der Waals surface area contributed by atoms with Gasteiger partial charge < -0.3 is 17.2 Å². The van der Waals surface area contributed by atoms with Gasteiger partial charge in [-0.15, -0.1) is 0 Å². The highest BCUT2D eigenvalue weighted by atomic mass is 32.2. The Morgan fingerprint density at radius 3 is 1.96 bits per heavy atom. The molecule has 0 atom stereocenters. The Hall–Kier alpha value is -2.99. The second kappa shape index (κ2) is 5.90. The van der Waals surface area contributed by atoms with Crippen molar-refractivity contribution in [2.75, 3.05) is 17.2 Å². The molecule has 6 N–H and O–H groups in total. The molecule has 0 aliphatic rings. The third-order valence-corrected chi connectivity index (χ3v) is 5.47. The summed E-state index contributed by atoms with van der Waals surface area (Å²) in [5, 5.41) is 0. The number of anilines is 3. The summed E-state index contributed by atoms with van der Waals surface area (Å²) in [7, 11) is -3.67. The Kier molecular flexibility index (Phi) is 3.91. The normalized spacial score (nSPS) is 11.3. The molecule has 6 heteroatoms. The van der Waals surface area contributed by atoms with E-state index < -0.39 is 9.84 Å². The molecule has 0 saturated heterocycles. The van der Waals surface area contributed by atoms with E-state index in [1.54, 1.807) is 36.4 Å². The molecule has 0 unspecified atom stereocenters. The van der Waals surface area contributed by atoms with Gasteiger partial charge in [0.2, 0.25) is 9.84 Å². The average Bonchev–Trinajstić information content (AvgIpc) is 2.56. The minimum atomic E-state index is -3.67. The van der Waals surface area contributed by atoms with Crippen LogP contribution in [0, 0.1) is 0 Å². The standard InChI is InChI=1S/C18H17N3O2S/c19-13-6-4-12(5-7-13)17-9-8-16(11-18(17)21)24(22,23)15-3-1-2-14(20)10-15/h1-11H,19-21H2. The quantitative estimate of drug-likeness (QED) is 0.635. The maximum Gasteiger partial charge on any atom is 0.206 e. The zero-order valence-electron chi connectivity index (χ0n) is 12.8. The Morgan fingerprint density at radius 2 is 1.33 bits per heavy atom. The van der Waals surface area contributed by atoms with Gasteiger partial charge in [0.25, 0.3) is 0 Å². The molecule has 5 nitrogen and oxygen atoms in total. The molecule has 3 aromatic rings. The average molecular weight is 339 g/mol. The first-order valence-electron chi connectivity index (χ1n) is 7.24. The van der Waals surface area contributed by atoms with Crippen molar-refractivity contribution in [2.45, 2.75) is 9.79 Å². The van der Waals surface area contributed by atoms with Crippen LogP contribution in [0.1, 0.15) is 0 Å². The van der Waals surface area contributed by atoms with Gasteiger partial charge in [0.15, 0.2) is 0 Å². The van der Waals surface area contributed by atoms with E-state index in [2.05, 4.69) is 0 Å². The molecule has 0 saturated carbocycles. The summed E-state index contributed by atoms with van der Waals surface area (Å²) in [6.07, 6.45) is 0. The minimum Gasteiger partial charge on any atom is -0.399 e. The number of hydrogen-bond donors (Lipinski definition) is 3. The van der Waals surface area contributed by atoms with Gasteiger partial charge in [0, 0.05) is 22.6 Å². The molecule has 0 bridgehead atoms. The van der Waals surface area contributed by atoms with Crippen LogP contribution in [0.2, 0.25) is 0 Å². The van der Waals surface area contributed by atoms with Gasteiger partial charge >= 0.3 is 0 Å². The van der Waals surface area contributed by atoms with Gasteiger partial charge in [0.05, 0.1) is 9.79 Å². The van der Waals surface area contributed by atoms with Gasteiger partial charge in [-0.05, 0) is 48.0 Å². The first-order valence-corrected chi connectivity index (χ1v) is 8.72. The third-order valence-electron chi connectivity index (χ3n) is 3.72. The van der Waals surface area contributed by atoms with E-state index in [9.17, 15) is 8.42 Å². The van der Waals surface area contributed by atoms with Gasteiger partial charge in [-0.1, -0.05) is 24.3 Å². The highest BCUT2D eigenvalue weighted by Gasteiger charge is 2.19. The van der Waals surface area contributed by atoms with E-state index in [1.165, 1.54) is 18.2 Å². The molecule has 0 radical (unpaired) electrons. The van der Waals surface area contributed by atoms with Gasteiger partial charge in [-0.2, -0.15) is 0 Å². The number of nitrogen functional groups attached to an aromatic ring is 3. The smallest absolute Gasteiger partial charge is 0.206 e. The summed E-state index contributed by atoms with van der Waals surface area (Å²) in [6.45, 7) is 0. The number of sulfone groups is 1. The van der Waals surface area contributed by atoms with Crippen molar-refractivity contribution in [3.63, 3.8) is 0 Å². The van der Waals surface area contributed by atoms with Gasteiger partial charge in [0.1, 0.15) is 0 Å². The maximum atomic E-state index is 12.7. The van der Waals surface area contributed by atoms with Crippen LogP contribution >= 0.6 is 0 Å². The molecule has 3 aromatic carbocycles. The zero-order chi connectivity index (χ0) is 17.3. The summed E-state index contributed by atoms with van der Waals surface area (Å²) >= 11 is 0. The number of nitrogens with two attached hydrogens (primary N) is 3. The molecule has 0 aliphatic carbocycles. The van der Waals surface area contributed by atoms with E-state index in [1.807, 2.05) is 12.1 Å². The van der Waals surface area contributed by atoms with Crippen molar-refractivity contribution in [2.24, 2.45) is 0 Å². The summed E-state index contributed by atoms with van der Waals surface area (Å²) in [4.78, 5) is 0.270. The van der Waals surface area contributed by atoms with Crippen molar-refractivity contribution < 1.29 is 8.42 Å². The lowest BCUT2D eigenvalue weighted by Gasteiger charge is -2.10. The molecule has 0 fully saturated rings. The summed E-state index contributed by atoms with van der Waals surface area (Å²) < 4.78 is 25.4. The third kappa shape index (κ3) is 2.91. The van der Waals surface area contributed by atoms with Crippen LogP contribution in [0.4, 0.5) is 17.1 Å². The number of benzene rings is 3. The molecule has 0 spiro atoms. The van der Waals surface area contributed by atoms with Crippen molar-refractivity contribution >= 4 is 26.9 Å². The molecule has 0 aromatic heterocycles. The van der Waals surface area contributed by atoms with Crippen LogP contribution in [0.3, 0.4) is 0 Å². The lowest BCUT2D eigenvalue weighted by molar-refractivity contribution is 0.596. The zero-order valence-corrected chi connectivity index (χ0v) is 13.6. The fourth-order valence-electron chi connectivity index (χ4n) is 2.45. The number of rotatable bonds is 3. The summed E-state index contributed by atoms with van der Waals surface area (Å²) in [5.74, 6) is 0. The van der Waals surface area contributed by atoms with Crippen LogP contribution in [0.5, 0.6) is 0 Å². The molecule has 0 amide bonds. The Labute approximate surface area is 140 Å². The highest BCUT2D eigenvalue weighted by molar-refractivity contribution is 7.91. The molecule has 3 rings (SSSR count). The lowest BCUT2D eigenvalue weighted by atomic mass is 10.0. The SMILES string of the molecule is Nc1ccc(-c2ccc(S(=O)(=O)c3cccc(N)c3)cc2N)cc1. The van der Waals surface area contributed by atoms with Crippen LogP contribution in [-0.4, -0.2) is 8.42 Å². The Balaban J connectivity index is 2.05. The topological polar surface area (TPSA) is 112 Å². The van der Waals surface area contributed by atoms with Crippen molar-refractivity contribution in [1.82, 2.24) is 0 Å². The van der Waals surface area contributed by atoms with Crippen molar-refractivity contribution in [3.8, 4) is 11.1 Å². The number of hydrogen-bond acceptors (Lipinski definition) is 5. The van der Waals surface area contributed by atoms with Crippen LogP contribution < -0.4 is 17.2 Å². The molecule has 0 aliphatic heterocycles. The predicted molar refractivity (Wildman–Crippen MR) is 97.0 cm³/mol. The van der Waals surface area contributed by atoms with Crippen LogP contribution in [0.15, 0.2) is 76.5 Å². The first-order chi connectivity index (χ1) is 11.4. The van der Waals surface area contributed by atoms with E-state index in [-0.39, 0.29) is 9.79 Å². The van der Waals surface area contributed by atoms with Gasteiger partial charge in [-0.3, -0.25) is 0 Å². The molecule has 0 heterocycles. The first kappa shape index (κ1) is 15.9.